The second-order valence-electron chi connectivity index (χ2n) is 3.99. The third-order valence-corrected chi connectivity index (χ3v) is 2.81. The lowest BCUT2D eigenvalue weighted by Crippen LogP contribution is -2.36. The maximum Gasteiger partial charge on any atom is 0.253 e. The lowest BCUT2D eigenvalue weighted by atomic mass is 10.1. The van der Waals surface area contributed by atoms with E-state index in [0.29, 0.717) is 16.5 Å². The minimum atomic E-state index is -0.109. The molecular formula is C12H16ClNO. The molecule has 1 aromatic carbocycles. The molecule has 0 aromatic heterocycles. The SMILES string of the molecule is CC(C)[C@H](C)NC(=O)c1ccccc1Cl. The van der Waals surface area contributed by atoms with Crippen molar-refractivity contribution in [2.45, 2.75) is 26.8 Å². The minimum absolute atomic E-state index is 0.109. The first-order valence-corrected chi connectivity index (χ1v) is 5.45. The van der Waals surface area contributed by atoms with Crippen molar-refractivity contribution >= 4 is 17.5 Å². The van der Waals surface area contributed by atoms with Crippen LogP contribution in [-0.2, 0) is 0 Å². The van der Waals surface area contributed by atoms with Crippen LogP contribution < -0.4 is 5.32 Å². The van der Waals surface area contributed by atoms with Gasteiger partial charge in [0.15, 0.2) is 0 Å². The molecule has 0 saturated heterocycles. The van der Waals surface area contributed by atoms with E-state index in [1.807, 2.05) is 13.0 Å². The van der Waals surface area contributed by atoms with E-state index in [-0.39, 0.29) is 11.9 Å². The van der Waals surface area contributed by atoms with E-state index in [1.54, 1.807) is 18.2 Å². The fraction of sp³-hybridized carbons (Fsp3) is 0.417. The fourth-order valence-corrected chi connectivity index (χ4v) is 1.32. The van der Waals surface area contributed by atoms with E-state index in [9.17, 15) is 4.79 Å². The molecule has 0 radical (unpaired) electrons. The van der Waals surface area contributed by atoms with Gasteiger partial charge in [0.1, 0.15) is 0 Å². The van der Waals surface area contributed by atoms with Gasteiger partial charge in [0.25, 0.3) is 5.91 Å². The molecule has 1 N–H and O–H groups in total. The van der Waals surface area contributed by atoms with Gasteiger partial charge in [-0.25, -0.2) is 0 Å². The van der Waals surface area contributed by atoms with Gasteiger partial charge >= 0.3 is 0 Å². The van der Waals surface area contributed by atoms with Crippen molar-refractivity contribution in [3.05, 3.63) is 34.9 Å². The zero-order valence-electron chi connectivity index (χ0n) is 9.25. The van der Waals surface area contributed by atoms with E-state index in [1.165, 1.54) is 0 Å². The highest BCUT2D eigenvalue weighted by Gasteiger charge is 2.14. The Morgan fingerprint density at radius 1 is 1.27 bits per heavy atom. The van der Waals surface area contributed by atoms with Crippen LogP contribution in [0.1, 0.15) is 31.1 Å². The highest BCUT2D eigenvalue weighted by molar-refractivity contribution is 6.33. The summed E-state index contributed by atoms with van der Waals surface area (Å²) in [6.07, 6.45) is 0. The minimum Gasteiger partial charge on any atom is -0.349 e. The Labute approximate surface area is 95.6 Å². The van der Waals surface area contributed by atoms with Crippen LogP contribution in [-0.4, -0.2) is 11.9 Å². The quantitative estimate of drug-likeness (QED) is 0.842. The van der Waals surface area contributed by atoms with E-state index in [2.05, 4.69) is 19.2 Å². The molecule has 0 heterocycles. The molecular weight excluding hydrogens is 210 g/mol. The number of halogens is 1. The number of benzene rings is 1. The Morgan fingerprint density at radius 3 is 2.40 bits per heavy atom. The average Bonchev–Trinajstić information content (AvgIpc) is 2.18. The summed E-state index contributed by atoms with van der Waals surface area (Å²) in [6.45, 7) is 6.12. The zero-order chi connectivity index (χ0) is 11.4. The molecule has 1 atom stereocenters. The van der Waals surface area contributed by atoms with Gasteiger partial charge in [0.2, 0.25) is 0 Å². The second kappa shape index (κ2) is 5.17. The Kier molecular flexibility index (Phi) is 4.15. The molecule has 0 spiro atoms. The monoisotopic (exact) mass is 225 g/mol. The normalized spacial score (nSPS) is 12.6. The summed E-state index contributed by atoms with van der Waals surface area (Å²) >= 11 is 5.92. The van der Waals surface area contributed by atoms with Crippen LogP contribution in [0.2, 0.25) is 5.02 Å². The molecule has 2 nitrogen and oxygen atoms in total. The van der Waals surface area contributed by atoms with Crippen molar-refractivity contribution in [3.8, 4) is 0 Å². The van der Waals surface area contributed by atoms with Gasteiger partial charge in [-0.15, -0.1) is 0 Å². The first-order valence-electron chi connectivity index (χ1n) is 5.07. The van der Waals surface area contributed by atoms with Gasteiger partial charge in [0, 0.05) is 6.04 Å². The molecule has 82 valence electrons. The third-order valence-electron chi connectivity index (χ3n) is 2.48. The largest absolute Gasteiger partial charge is 0.349 e. The van der Waals surface area contributed by atoms with Crippen LogP contribution in [0.4, 0.5) is 0 Å². The Hall–Kier alpha value is -1.02. The fourth-order valence-electron chi connectivity index (χ4n) is 1.10. The van der Waals surface area contributed by atoms with Gasteiger partial charge in [0.05, 0.1) is 10.6 Å². The molecule has 1 rings (SSSR count). The summed E-state index contributed by atoms with van der Waals surface area (Å²) in [5, 5.41) is 3.40. The Bertz CT molecular complexity index is 349. The molecule has 3 heteroatoms. The lowest BCUT2D eigenvalue weighted by Gasteiger charge is -2.17. The summed E-state index contributed by atoms with van der Waals surface area (Å²) in [5.74, 6) is 0.304. The Balaban J connectivity index is 2.74. The molecule has 1 aromatic rings. The third kappa shape index (κ3) is 3.24. The van der Waals surface area contributed by atoms with Crippen LogP contribution in [0.25, 0.3) is 0 Å². The number of hydrogen-bond acceptors (Lipinski definition) is 1. The van der Waals surface area contributed by atoms with Crippen LogP contribution in [0.5, 0.6) is 0 Å². The number of rotatable bonds is 3. The van der Waals surface area contributed by atoms with Crippen molar-refractivity contribution in [1.29, 1.82) is 0 Å². The number of carbonyl (C=O) groups excluding carboxylic acids is 1. The predicted molar refractivity (Wildman–Crippen MR) is 63.2 cm³/mol. The molecule has 0 aliphatic heterocycles. The van der Waals surface area contributed by atoms with Crippen molar-refractivity contribution in [3.63, 3.8) is 0 Å². The molecule has 0 fully saturated rings. The van der Waals surface area contributed by atoms with Crippen molar-refractivity contribution in [1.82, 2.24) is 5.32 Å². The predicted octanol–water partition coefficient (Wildman–Crippen LogP) is 3.11. The molecule has 0 aliphatic carbocycles. The molecule has 0 bridgehead atoms. The maximum absolute atomic E-state index is 11.8. The van der Waals surface area contributed by atoms with Gasteiger partial charge in [-0.2, -0.15) is 0 Å². The van der Waals surface area contributed by atoms with Crippen LogP contribution in [0, 0.1) is 5.92 Å². The second-order valence-corrected chi connectivity index (χ2v) is 4.39. The van der Waals surface area contributed by atoms with Crippen molar-refractivity contribution in [2.24, 2.45) is 5.92 Å². The highest BCUT2D eigenvalue weighted by Crippen LogP contribution is 2.15. The summed E-state index contributed by atoms with van der Waals surface area (Å²) in [5.41, 5.74) is 0.534. The van der Waals surface area contributed by atoms with Crippen LogP contribution in [0.3, 0.4) is 0 Å². The maximum atomic E-state index is 11.8. The zero-order valence-corrected chi connectivity index (χ0v) is 10.0. The summed E-state index contributed by atoms with van der Waals surface area (Å²) in [4.78, 5) is 11.8. The van der Waals surface area contributed by atoms with Crippen LogP contribution >= 0.6 is 11.6 Å². The van der Waals surface area contributed by atoms with Crippen molar-refractivity contribution < 1.29 is 4.79 Å². The number of amides is 1. The summed E-state index contributed by atoms with van der Waals surface area (Å²) < 4.78 is 0. The highest BCUT2D eigenvalue weighted by atomic mass is 35.5. The average molecular weight is 226 g/mol. The lowest BCUT2D eigenvalue weighted by molar-refractivity contribution is 0.0930. The van der Waals surface area contributed by atoms with E-state index >= 15 is 0 Å². The van der Waals surface area contributed by atoms with E-state index in [4.69, 9.17) is 11.6 Å². The first-order chi connectivity index (χ1) is 7.02. The first kappa shape index (κ1) is 12.1. The smallest absolute Gasteiger partial charge is 0.253 e. The summed E-state index contributed by atoms with van der Waals surface area (Å²) in [6, 6.07) is 7.21. The topological polar surface area (TPSA) is 29.1 Å². The molecule has 0 aliphatic rings. The van der Waals surface area contributed by atoms with Gasteiger partial charge in [-0.05, 0) is 25.0 Å². The summed E-state index contributed by atoms with van der Waals surface area (Å²) in [7, 11) is 0. The number of nitrogens with one attached hydrogen (secondary N) is 1. The van der Waals surface area contributed by atoms with Gasteiger partial charge in [-0.3, -0.25) is 4.79 Å². The molecule has 0 saturated carbocycles. The molecule has 15 heavy (non-hydrogen) atoms. The standard InChI is InChI=1S/C12H16ClNO/c1-8(2)9(3)14-12(15)10-6-4-5-7-11(10)13/h4-9H,1-3H3,(H,14,15)/t9-/m0/s1. The van der Waals surface area contributed by atoms with E-state index in [0.717, 1.165) is 0 Å². The van der Waals surface area contributed by atoms with Gasteiger partial charge < -0.3 is 5.32 Å². The molecule has 1 amide bonds. The van der Waals surface area contributed by atoms with Crippen molar-refractivity contribution in [2.75, 3.05) is 0 Å². The number of hydrogen-bond donors (Lipinski definition) is 1. The number of carbonyl (C=O) groups is 1. The van der Waals surface area contributed by atoms with Crippen LogP contribution in [0.15, 0.2) is 24.3 Å². The van der Waals surface area contributed by atoms with E-state index < -0.39 is 0 Å². The molecule has 0 unspecified atom stereocenters. The van der Waals surface area contributed by atoms with Gasteiger partial charge in [-0.1, -0.05) is 37.6 Å². The Morgan fingerprint density at radius 2 is 1.87 bits per heavy atom.